The van der Waals surface area contributed by atoms with Crippen molar-refractivity contribution in [3.63, 3.8) is 0 Å². The fourth-order valence-corrected chi connectivity index (χ4v) is 2.58. The summed E-state index contributed by atoms with van der Waals surface area (Å²) in [6.45, 7) is 0.534. The maximum Gasteiger partial charge on any atom is 0.451 e. The Hall–Kier alpha value is -2.32. The molecule has 0 spiro atoms. The van der Waals surface area contributed by atoms with Gasteiger partial charge in [-0.1, -0.05) is 0 Å². The monoisotopic (exact) mass is 313 g/mol. The molecule has 22 heavy (non-hydrogen) atoms. The third-order valence-corrected chi connectivity index (χ3v) is 3.53. The molecule has 0 aliphatic carbocycles. The van der Waals surface area contributed by atoms with Crippen molar-refractivity contribution in [3.05, 3.63) is 30.0 Å². The van der Waals surface area contributed by atoms with Crippen LogP contribution in [0.2, 0.25) is 0 Å². The van der Waals surface area contributed by atoms with E-state index in [2.05, 4.69) is 15.0 Å². The molecule has 0 amide bonds. The second-order valence-electron chi connectivity index (χ2n) is 5.04. The van der Waals surface area contributed by atoms with Crippen molar-refractivity contribution in [1.82, 2.24) is 15.0 Å². The van der Waals surface area contributed by atoms with E-state index in [4.69, 9.17) is 10.2 Å². The molecule has 1 aliphatic rings. The number of nitrogens with zero attached hydrogens (tertiary/aromatic N) is 4. The van der Waals surface area contributed by atoms with Crippen molar-refractivity contribution in [2.45, 2.75) is 31.5 Å². The second-order valence-corrected chi connectivity index (χ2v) is 5.04. The largest absolute Gasteiger partial charge is 0.467 e. The first-order valence-corrected chi connectivity index (χ1v) is 6.84. The normalized spacial score (nSPS) is 19.4. The molecule has 6 nitrogen and oxygen atoms in total. The van der Waals surface area contributed by atoms with Crippen LogP contribution in [0.5, 0.6) is 0 Å². The van der Waals surface area contributed by atoms with E-state index in [0.717, 1.165) is 19.3 Å². The third-order valence-electron chi connectivity index (χ3n) is 3.53. The van der Waals surface area contributed by atoms with Crippen molar-refractivity contribution < 1.29 is 17.6 Å². The summed E-state index contributed by atoms with van der Waals surface area (Å²) in [5.41, 5.74) is 5.41. The fraction of sp³-hybridized carbons (Fsp3) is 0.462. The van der Waals surface area contributed by atoms with E-state index in [9.17, 15) is 13.2 Å². The maximum atomic E-state index is 12.8. The minimum atomic E-state index is -4.66. The van der Waals surface area contributed by atoms with E-state index < -0.39 is 17.9 Å². The summed E-state index contributed by atoms with van der Waals surface area (Å²) >= 11 is 0. The van der Waals surface area contributed by atoms with Gasteiger partial charge in [-0.05, 0) is 31.4 Å². The number of hydrogen-bond acceptors (Lipinski definition) is 6. The number of alkyl halides is 3. The molecule has 2 N–H and O–H groups in total. The number of aromatic nitrogens is 3. The molecular formula is C13H14F3N5O. The van der Waals surface area contributed by atoms with Crippen LogP contribution in [0, 0.1) is 0 Å². The number of anilines is 2. The lowest BCUT2D eigenvalue weighted by Crippen LogP contribution is -2.35. The van der Waals surface area contributed by atoms with Gasteiger partial charge in [0, 0.05) is 6.54 Å². The number of halogens is 3. The zero-order chi connectivity index (χ0) is 15.7. The predicted molar refractivity (Wildman–Crippen MR) is 71.9 cm³/mol. The summed E-state index contributed by atoms with van der Waals surface area (Å²) in [5, 5.41) is 0. The number of furan rings is 1. The number of hydrogen-bond donors (Lipinski definition) is 1. The van der Waals surface area contributed by atoms with Gasteiger partial charge in [-0.25, -0.2) is 0 Å². The number of rotatable bonds is 2. The summed E-state index contributed by atoms with van der Waals surface area (Å²) < 4.78 is 43.9. The highest BCUT2D eigenvalue weighted by Crippen LogP contribution is 2.35. The van der Waals surface area contributed by atoms with Crippen LogP contribution in [-0.2, 0) is 6.18 Å². The van der Waals surface area contributed by atoms with Gasteiger partial charge in [0.1, 0.15) is 5.76 Å². The van der Waals surface area contributed by atoms with Crippen LogP contribution in [0.25, 0.3) is 0 Å². The molecule has 3 rings (SSSR count). The van der Waals surface area contributed by atoms with Gasteiger partial charge < -0.3 is 15.1 Å². The zero-order valence-electron chi connectivity index (χ0n) is 11.5. The van der Waals surface area contributed by atoms with Gasteiger partial charge in [0.2, 0.25) is 17.7 Å². The Morgan fingerprint density at radius 2 is 2.05 bits per heavy atom. The molecular weight excluding hydrogens is 299 g/mol. The summed E-state index contributed by atoms with van der Waals surface area (Å²) in [7, 11) is 0. The average molecular weight is 313 g/mol. The molecule has 1 aliphatic heterocycles. The van der Waals surface area contributed by atoms with Crippen LogP contribution >= 0.6 is 0 Å². The van der Waals surface area contributed by atoms with E-state index in [1.54, 1.807) is 17.0 Å². The van der Waals surface area contributed by atoms with Crippen LogP contribution in [0.15, 0.2) is 22.8 Å². The molecule has 2 aromatic rings. The highest BCUT2D eigenvalue weighted by Gasteiger charge is 2.37. The van der Waals surface area contributed by atoms with Gasteiger partial charge >= 0.3 is 6.18 Å². The van der Waals surface area contributed by atoms with E-state index in [1.807, 2.05) is 0 Å². The summed E-state index contributed by atoms with van der Waals surface area (Å²) in [6, 6.07) is 3.33. The van der Waals surface area contributed by atoms with Crippen LogP contribution in [-0.4, -0.2) is 21.5 Å². The molecule has 1 unspecified atom stereocenters. The van der Waals surface area contributed by atoms with Gasteiger partial charge in [-0.2, -0.15) is 28.1 Å². The SMILES string of the molecule is Nc1nc(N2CCCCC2c2ccco2)nc(C(F)(F)F)n1. The molecule has 118 valence electrons. The topological polar surface area (TPSA) is 81.1 Å². The van der Waals surface area contributed by atoms with Crippen molar-refractivity contribution in [2.24, 2.45) is 0 Å². The Kier molecular flexibility index (Phi) is 3.63. The number of nitrogens with two attached hydrogens (primary N) is 1. The van der Waals surface area contributed by atoms with Crippen LogP contribution in [0.4, 0.5) is 25.1 Å². The predicted octanol–water partition coefficient (Wildman–Crippen LogP) is 2.80. The molecule has 1 fully saturated rings. The van der Waals surface area contributed by atoms with Crippen LogP contribution in [0.1, 0.15) is 36.9 Å². The van der Waals surface area contributed by atoms with Crippen molar-refractivity contribution >= 4 is 11.9 Å². The molecule has 0 saturated carbocycles. The molecule has 2 aromatic heterocycles. The molecule has 1 saturated heterocycles. The molecule has 0 radical (unpaired) electrons. The second kappa shape index (κ2) is 5.47. The Morgan fingerprint density at radius 1 is 1.23 bits per heavy atom. The fourth-order valence-electron chi connectivity index (χ4n) is 2.58. The van der Waals surface area contributed by atoms with E-state index >= 15 is 0 Å². The lowest BCUT2D eigenvalue weighted by Gasteiger charge is -2.34. The number of piperidine rings is 1. The summed E-state index contributed by atoms with van der Waals surface area (Å²) in [5.74, 6) is -1.12. The average Bonchev–Trinajstić information content (AvgIpc) is 3.00. The van der Waals surface area contributed by atoms with Crippen molar-refractivity contribution in [2.75, 3.05) is 17.2 Å². The number of nitrogen functional groups attached to an aromatic ring is 1. The first kappa shape index (κ1) is 14.6. The minimum absolute atomic E-state index is 0.0686. The quantitative estimate of drug-likeness (QED) is 0.918. The smallest absolute Gasteiger partial charge is 0.451 e. The molecule has 9 heteroatoms. The first-order valence-electron chi connectivity index (χ1n) is 6.84. The summed E-state index contributed by atoms with van der Waals surface area (Å²) in [4.78, 5) is 12.3. The van der Waals surface area contributed by atoms with Gasteiger partial charge in [0.25, 0.3) is 0 Å². The lowest BCUT2D eigenvalue weighted by molar-refractivity contribution is -0.144. The maximum absolute atomic E-state index is 12.8. The Bertz CT molecular complexity index is 644. The zero-order valence-corrected chi connectivity index (χ0v) is 11.5. The highest BCUT2D eigenvalue weighted by atomic mass is 19.4. The van der Waals surface area contributed by atoms with Gasteiger partial charge in [0.05, 0.1) is 12.3 Å². The van der Waals surface area contributed by atoms with Gasteiger partial charge in [0.15, 0.2) is 0 Å². The third kappa shape index (κ3) is 2.83. The molecule has 0 bridgehead atoms. The minimum Gasteiger partial charge on any atom is -0.467 e. The standard InChI is InChI=1S/C13H14F3N5O/c14-13(15,16)10-18-11(17)20-12(19-10)21-6-2-1-4-8(21)9-5-3-7-22-9/h3,5,7-8H,1-2,4,6H2,(H2,17,18,19,20). The highest BCUT2D eigenvalue weighted by molar-refractivity contribution is 5.38. The van der Waals surface area contributed by atoms with Crippen LogP contribution < -0.4 is 10.6 Å². The molecule has 3 heterocycles. The Morgan fingerprint density at radius 3 is 2.73 bits per heavy atom. The first-order chi connectivity index (χ1) is 10.4. The molecule has 0 aromatic carbocycles. The van der Waals surface area contributed by atoms with E-state index in [-0.39, 0.29) is 12.0 Å². The van der Waals surface area contributed by atoms with Gasteiger partial charge in [-0.3, -0.25) is 0 Å². The van der Waals surface area contributed by atoms with Gasteiger partial charge in [-0.15, -0.1) is 0 Å². The Balaban J connectivity index is 1.99. The molecule has 1 atom stereocenters. The van der Waals surface area contributed by atoms with E-state index in [1.165, 1.54) is 6.26 Å². The van der Waals surface area contributed by atoms with Crippen LogP contribution in [0.3, 0.4) is 0 Å². The van der Waals surface area contributed by atoms with E-state index in [0.29, 0.717) is 12.3 Å². The Labute approximate surface area is 124 Å². The van der Waals surface area contributed by atoms with Crippen molar-refractivity contribution in [3.8, 4) is 0 Å². The van der Waals surface area contributed by atoms with Crippen molar-refractivity contribution in [1.29, 1.82) is 0 Å². The lowest BCUT2D eigenvalue weighted by atomic mass is 10.0. The summed E-state index contributed by atoms with van der Waals surface area (Å²) in [6.07, 6.45) is -0.591.